The number of carbonyl (C=O) groups excluding carboxylic acids is 1. The van der Waals surface area contributed by atoms with E-state index < -0.39 is 0 Å². The van der Waals surface area contributed by atoms with Gasteiger partial charge in [-0.2, -0.15) is 0 Å². The number of nitrogens with one attached hydrogen (secondary N) is 2. The second kappa shape index (κ2) is 10.5. The minimum Gasteiger partial charge on any atom is -0.511 e. The van der Waals surface area contributed by atoms with Crippen LogP contribution in [0, 0.1) is 5.92 Å². The van der Waals surface area contributed by atoms with Gasteiger partial charge in [0.25, 0.3) is 0 Å². The molecule has 1 aromatic carbocycles. The third kappa shape index (κ3) is 7.05. The van der Waals surface area contributed by atoms with Gasteiger partial charge in [0, 0.05) is 42.3 Å². The highest BCUT2D eigenvalue weighted by Crippen LogP contribution is 2.21. The molecule has 0 atom stereocenters. The van der Waals surface area contributed by atoms with Crippen LogP contribution in [-0.2, 0) is 0 Å². The van der Waals surface area contributed by atoms with E-state index in [2.05, 4.69) is 20.5 Å². The summed E-state index contributed by atoms with van der Waals surface area (Å²) in [6, 6.07) is 5.05. The van der Waals surface area contributed by atoms with Crippen molar-refractivity contribution in [2.24, 2.45) is 10.9 Å². The lowest BCUT2D eigenvalue weighted by atomic mass is 9.97. The number of nitrogens with zero attached hydrogens (tertiary/aromatic N) is 2. The maximum absolute atomic E-state index is 11.3. The minimum atomic E-state index is -0.148. The Morgan fingerprint density at radius 2 is 1.93 bits per heavy atom. The normalized spacial score (nSPS) is 17.0. The standard InChI is InChI=1S/C19H26Cl2N4O2/c1-22-18(14-7-15(20)9-16(21)8-14)10-17(26)12-25-5-3-13(4-6-25)11-24-19(27)23-2/h7-10,13,26H,3-6,11-12H2,1-2H3,(H2,23,24,27)/b17-10-,22-18+. The molecule has 1 heterocycles. The van der Waals surface area contributed by atoms with Crippen molar-refractivity contribution in [3.8, 4) is 0 Å². The summed E-state index contributed by atoms with van der Waals surface area (Å²) in [4.78, 5) is 17.7. The molecule has 0 aliphatic carbocycles. The van der Waals surface area contributed by atoms with Crippen molar-refractivity contribution >= 4 is 34.9 Å². The van der Waals surface area contributed by atoms with Gasteiger partial charge < -0.3 is 15.7 Å². The molecule has 0 saturated carbocycles. The highest BCUT2D eigenvalue weighted by atomic mass is 35.5. The number of amides is 2. The van der Waals surface area contributed by atoms with Gasteiger partial charge in [-0.25, -0.2) is 4.79 Å². The van der Waals surface area contributed by atoms with Crippen molar-refractivity contribution in [1.29, 1.82) is 0 Å². The number of allylic oxidation sites excluding steroid dienone is 1. The third-order valence-electron chi connectivity index (χ3n) is 4.57. The summed E-state index contributed by atoms with van der Waals surface area (Å²) >= 11 is 12.1. The molecule has 0 radical (unpaired) electrons. The molecule has 2 rings (SSSR count). The van der Waals surface area contributed by atoms with Crippen LogP contribution < -0.4 is 10.6 Å². The summed E-state index contributed by atoms with van der Waals surface area (Å²) < 4.78 is 0. The van der Waals surface area contributed by atoms with Crippen LogP contribution >= 0.6 is 23.2 Å². The van der Waals surface area contributed by atoms with E-state index in [1.165, 1.54) is 0 Å². The molecule has 1 saturated heterocycles. The first kappa shape index (κ1) is 21.5. The van der Waals surface area contributed by atoms with Crippen LogP contribution in [0.4, 0.5) is 4.79 Å². The Balaban J connectivity index is 1.89. The third-order valence-corrected chi connectivity index (χ3v) is 5.01. The van der Waals surface area contributed by atoms with Gasteiger partial charge in [0.15, 0.2) is 0 Å². The zero-order chi connectivity index (χ0) is 19.8. The lowest BCUT2D eigenvalue weighted by molar-refractivity contribution is 0.175. The molecule has 0 spiro atoms. The molecule has 3 N–H and O–H groups in total. The second-order valence-electron chi connectivity index (χ2n) is 6.58. The first-order valence-corrected chi connectivity index (χ1v) is 9.67. The predicted octanol–water partition coefficient (Wildman–Crippen LogP) is 3.50. The van der Waals surface area contributed by atoms with Gasteiger partial charge in [-0.1, -0.05) is 23.2 Å². The molecule has 0 aromatic heterocycles. The van der Waals surface area contributed by atoms with E-state index in [9.17, 15) is 9.90 Å². The van der Waals surface area contributed by atoms with Crippen molar-refractivity contribution in [2.75, 3.05) is 40.3 Å². The fourth-order valence-electron chi connectivity index (χ4n) is 3.09. The molecule has 1 aliphatic heterocycles. The van der Waals surface area contributed by atoms with Crippen molar-refractivity contribution in [2.45, 2.75) is 12.8 Å². The summed E-state index contributed by atoms with van der Waals surface area (Å²) in [6.07, 6.45) is 3.62. The number of halogens is 2. The molecule has 27 heavy (non-hydrogen) atoms. The number of carbonyl (C=O) groups is 1. The maximum atomic E-state index is 11.3. The van der Waals surface area contributed by atoms with Gasteiger partial charge in [0.05, 0.1) is 12.3 Å². The summed E-state index contributed by atoms with van der Waals surface area (Å²) in [7, 11) is 3.27. The van der Waals surface area contributed by atoms with Crippen molar-refractivity contribution < 1.29 is 9.90 Å². The molecule has 8 heteroatoms. The number of aliphatic hydroxyl groups is 1. The van der Waals surface area contributed by atoms with E-state index in [4.69, 9.17) is 23.2 Å². The second-order valence-corrected chi connectivity index (χ2v) is 7.46. The van der Waals surface area contributed by atoms with Crippen LogP contribution in [0.25, 0.3) is 0 Å². The molecular weight excluding hydrogens is 387 g/mol. The van der Waals surface area contributed by atoms with E-state index in [0.717, 1.165) is 31.5 Å². The van der Waals surface area contributed by atoms with Gasteiger partial charge in [-0.15, -0.1) is 0 Å². The first-order valence-electron chi connectivity index (χ1n) is 8.92. The zero-order valence-corrected chi connectivity index (χ0v) is 17.1. The number of aliphatic imine (C=N–C) groups is 1. The van der Waals surface area contributed by atoms with Crippen LogP contribution in [0.2, 0.25) is 10.0 Å². The Hall–Kier alpha value is -1.76. The molecule has 0 unspecified atom stereocenters. The van der Waals surface area contributed by atoms with Crippen LogP contribution in [0.3, 0.4) is 0 Å². The molecule has 0 bridgehead atoms. The summed E-state index contributed by atoms with van der Waals surface area (Å²) in [5.74, 6) is 0.708. The SMILES string of the molecule is C/N=C(\C=C(/O)CN1CCC(CNC(=O)NC)CC1)c1cc(Cl)cc(Cl)c1. The molecule has 1 aromatic rings. The molecule has 6 nitrogen and oxygen atoms in total. The number of aliphatic hydroxyl groups excluding tert-OH is 1. The van der Waals surface area contributed by atoms with Crippen LogP contribution in [0.5, 0.6) is 0 Å². The highest BCUT2D eigenvalue weighted by molar-refractivity contribution is 6.35. The summed E-state index contributed by atoms with van der Waals surface area (Å²) in [6.45, 7) is 2.89. The van der Waals surface area contributed by atoms with Crippen LogP contribution in [0.15, 0.2) is 35.0 Å². The first-order chi connectivity index (χ1) is 12.9. The van der Waals surface area contributed by atoms with Crippen molar-refractivity contribution in [1.82, 2.24) is 15.5 Å². The number of benzene rings is 1. The Kier molecular flexibility index (Phi) is 8.41. The molecule has 1 aliphatic rings. The quantitative estimate of drug-likeness (QED) is 0.494. The Labute approximate surface area is 170 Å². The van der Waals surface area contributed by atoms with E-state index in [-0.39, 0.29) is 11.8 Å². The number of likely N-dealkylation sites (tertiary alicyclic amines) is 1. The minimum absolute atomic E-state index is 0.148. The predicted molar refractivity (Wildman–Crippen MR) is 111 cm³/mol. The number of urea groups is 1. The number of piperidine rings is 1. The molecule has 148 valence electrons. The number of hydrogen-bond acceptors (Lipinski definition) is 4. The summed E-state index contributed by atoms with van der Waals surface area (Å²) in [5.41, 5.74) is 1.39. The van der Waals surface area contributed by atoms with Gasteiger partial charge in [0.2, 0.25) is 0 Å². The fourth-order valence-corrected chi connectivity index (χ4v) is 3.61. The van der Waals surface area contributed by atoms with Gasteiger partial charge in [0.1, 0.15) is 5.76 Å². The Morgan fingerprint density at radius 1 is 1.30 bits per heavy atom. The Bertz CT molecular complexity index is 693. The highest BCUT2D eigenvalue weighted by Gasteiger charge is 2.20. The van der Waals surface area contributed by atoms with Gasteiger partial charge in [-0.3, -0.25) is 9.89 Å². The molecule has 2 amide bonds. The van der Waals surface area contributed by atoms with E-state index in [0.29, 0.717) is 34.8 Å². The lowest BCUT2D eigenvalue weighted by Gasteiger charge is -2.31. The van der Waals surface area contributed by atoms with Crippen LogP contribution in [0.1, 0.15) is 18.4 Å². The average molecular weight is 413 g/mol. The monoisotopic (exact) mass is 412 g/mol. The van der Waals surface area contributed by atoms with E-state index >= 15 is 0 Å². The van der Waals surface area contributed by atoms with Gasteiger partial charge >= 0.3 is 6.03 Å². The van der Waals surface area contributed by atoms with Crippen molar-refractivity contribution in [3.05, 3.63) is 45.6 Å². The topological polar surface area (TPSA) is 77.0 Å². The lowest BCUT2D eigenvalue weighted by Crippen LogP contribution is -2.41. The summed E-state index contributed by atoms with van der Waals surface area (Å²) in [5, 5.41) is 16.8. The average Bonchev–Trinajstić information content (AvgIpc) is 2.64. The Morgan fingerprint density at radius 3 is 2.48 bits per heavy atom. The maximum Gasteiger partial charge on any atom is 0.314 e. The molecular formula is C19H26Cl2N4O2. The van der Waals surface area contributed by atoms with Gasteiger partial charge in [-0.05, 0) is 50.0 Å². The smallest absolute Gasteiger partial charge is 0.314 e. The molecule has 1 fully saturated rings. The number of hydrogen-bond donors (Lipinski definition) is 3. The zero-order valence-electron chi connectivity index (χ0n) is 15.6. The fraction of sp³-hybridized carbons (Fsp3) is 0.474. The van der Waals surface area contributed by atoms with E-state index in [1.54, 1.807) is 38.4 Å². The van der Waals surface area contributed by atoms with Crippen LogP contribution in [-0.4, -0.2) is 62.0 Å². The largest absolute Gasteiger partial charge is 0.511 e. The number of rotatable bonds is 6. The van der Waals surface area contributed by atoms with E-state index in [1.807, 2.05) is 0 Å². The van der Waals surface area contributed by atoms with Crippen molar-refractivity contribution in [3.63, 3.8) is 0 Å².